The van der Waals surface area contributed by atoms with Crippen molar-refractivity contribution in [2.24, 2.45) is 0 Å². The lowest BCUT2D eigenvalue weighted by Crippen LogP contribution is -2.32. The maximum Gasteiger partial charge on any atom is 0.313 e. The van der Waals surface area contributed by atoms with Gasteiger partial charge in [-0.2, -0.15) is 0 Å². The van der Waals surface area contributed by atoms with Crippen LogP contribution in [0.15, 0.2) is 23.6 Å². The van der Waals surface area contributed by atoms with E-state index in [1.807, 2.05) is 6.07 Å². The van der Waals surface area contributed by atoms with Gasteiger partial charge in [0.25, 0.3) is 0 Å². The van der Waals surface area contributed by atoms with E-state index < -0.39 is 5.97 Å². The van der Waals surface area contributed by atoms with E-state index >= 15 is 0 Å². The standard InChI is InChI=1S/C15H21N3O2S/c1-4-15(5-2,6-3)18-12-7-8-16-9-11(12)17-14(18)21-10-13(19)20/h7-9H,4-6,10H2,1-3H3,(H,19,20). The van der Waals surface area contributed by atoms with Crippen molar-refractivity contribution in [3.63, 3.8) is 0 Å². The van der Waals surface area contributed by atoms with Crippen LogP contribution in [0.25, 0.3) is 11.0 Å². The van der Waals surface area contributed by atoms with E-state index in [9.17, 15) is 4.79 Å². The fourth-order valence-corrected chi connectivity index (χ4v) is 3.65. The number of carbonyl (C=O) groups is 1. The second-order valence-corrected chi connectivity index (χ2v) is 6.00. The first-order valence-electron chi connectivity index (χ1n) is 7.25. The van der Waals surface area contributed by atoms with Gasteiger partial charge >= 0.3 is 5.97 Å². The van der Waals surface area contributed by atoms with Crippen LogP contribution in [0.2, 0.25) is 0 Å². The zero-order valence-corrected chi connectivity index (χ0v) is 13.5. The molecule has 0 aliphatic carbocycles. The van der Waals surface area contributed by atoms with Crippen molar-refractivity contribution < 1.29 is 9.90 Å². The maximum atomic E-state index is 10.9. The number of imidazole rings is 1. The predicted octanol–water partition coefficient (Wildman–Crippen LogP) is 3.53. The number of thioether (sulfide) groups is 1. The fraction of sp³-hybridized carbons (Fsp3) is 0.533. The van der Waals surface area contributed by atoms with Crippen LogP contribution in [0.3, 0.4) is 0 Å². The molecule has 2 rings (SSSR count). The average Bonchev–Trinajstić information content (AvgIpc) is 2.87. The molecule has 2 heterocycles. The zero-order chi connectivity index (χ0) is 15.5. The molecule has 0 spiro atoms. The molecule has 0 bridgehead atoms. The summed E-state index contributed by atoms with van der Waals surface area (Å²) in [5.41, 5.74) is 1.82. The second-order valence-electron chi connectivity index (χ2n) is 5.06. The Morgan fingerprint density at radius 2 is 2.00 bits per heavy atom. The molecule has 0 aliphatic heterocycles. The Balaban J connectivity index is 2.61. The highest BCUT2D eigenvalue weighted by molar-refractivity contribution is 7.99. The Hall–Kier alpha value is -1.56. The van der Waals surface area contributed by atoms with E-state index in [1.54, 1.807) is 12.4 Å². The monoisotopic (exact) mass is 307 g/mol. The predicted molar refractivity (Wildman–Crippen MR) is 84.7 cm³/mol. The topological polar surface area (TPSA) is 68.0 Å². The van der Waals surface area contributed by atoms with E-state index in [0.717, 1.165) is 35.5 Å². The van der Waals surface area contributed by atoms with Gasteiger partial charge in [-0.15, -0.1) is 0 Å². The molecule has 0 aliphatic rings. The maximum absolute atomic E-state index is 10.9. The minimum atomic E-state index is -0.827. The van der Waals surface area contributed by atoms with Gasteiger partial charge in [-0.1, -0.05) is 32.5 Å². The van der Waals surface area contributed by atoms with Crippen LogP contribution in [0.4, 0.5) is 0 Å². The van der Waals surface area contributed by atoms with E-state index in [0.29, 0.717) is 0 Å². The molecule has 0 unspecified atom stereocenters. The lowest BCUT2D eigenvalue weighted by Gasteiger charge is -2.34. The molecule has 2 aromatic rings. The van der Waals surface area contributed by atoms with Gasteiger partial charge in [-0.05, 0) is 25.3 Å². The van der Waals surface area contributed by atoms with Crippen LogP contribution >= 0.6 is 11.8 Å². The smallest absolute Gasteiger partial charge is 0.313 e. The van der Waals surface area contributed by atoms with Crippen molar-refractivity contribution in [2.75, 3.05) is 5.75 Å². The van der Waals surface area contributed by atoms with Crippen LogP contribution in [0.5, 0.6) is 0 Å². The second kappa shape index (κ2) is 6.47. The van der Waals surface area contributed by atoms with Crippen molar-refractivity contribution in [1.82, 2.24) is 14.5 Å². The fourth-order valence-electron chi connectivity index (χ4n) is 2.82. The number of hydrogen-bond acceptors (Lipinski definition) is 4. The first-order chi connectivity index (χ1) is 10.1. The van der Waals surface area contributed by atoms with Gasteiger partial charge in [0.15, 0.2) is 5.16 Å². The molecule has 114 valence electrons. The van der Waals surface area contributed by atoms with Gasteiger partial charge in [-0.25, -0.2) is 4.98 Å². The number of aliphatic carboxylic acids is 1. The largest absolute Gasteiger partial charge is 0.481 e. The van der Waals surface area contributed by atoms with E-state index in [2.05, 4.69) is 35.3 Å². The van der Waals surface area contributed by atoms with Gasteiger partial charge in [-0.3, -0.25) is 9.78 Å². The minimum absolute atomic E-state index is 0.0178. The van der Waals surface area contributed by atoms with Crippen LogP contribution in [-0.4, -0.2) is 31.4 Å². The van der Waals surface area contributed by atoms with Crippen LogP contribution < -0.4 is 0 Å². The van der Waals surface area contributed by atoms with Crippen molar-refractivity contribution in [2.45, 2.75) is 50.7 Å². The zero-order valence-electron chi connectivity index (χ0n) is 12.7. The normalized spacial score (nSPS) is 12.0. The Morgan fingerprint density at radius 1 is 1.33 bits per heavy atom. The van der Waals surface area contributed by atoms with Gasteiger partial charge in [0.1, 0.15) is 5.52 Å². The number of aromatic nitrogens is 3. The Bertz CT molecular complexity index is 627. The molecule has 1 N–H and O–H groups in total. The summed E-state index contributed by atoms with van der Waals surface area (Å²) in [6.07, 6.45) is 6.44. The third-order valence-corrected chi connectivity index (χ3v) is 5.12. The Morgan fingerprint density at radius 3 is 2.57 bits per heavy atom. The molecule has 0 saturated carbocycles. The summed E-state index contributed by atoms with van der Waals surface area (Å²) >= 11 is 1.28. The van der Waals surface area contributed by atoms with Gasteiger partial charge < -0.3 is 9.67 Å². The summed E-state index contributed by atoms with van der Waals surface area (Å²) in [6, 6.07) is 1.96. The molecule has 0 radical (unpaired) electrons. The number of fused-ring (bicyclic) bond motifs is 1. The summed E-state index contributed by atoms with van der Waals surface area (Å²) in [7, 11) is 0. The summed E-state index contributed by atoms with van der Waals surface area (Å²) in [6.45, 7) is 6.52. The number of rotatable bonds is 7. The third kappa shape index (κ3) is 2.90. The molecule has 6 heteroatoms. The molecule has 5 nitrogen and oxygen atoms in total. The molecule has 0 atom stereocenters. The van der Waals surface area contributed by atoms with Gasteiger partial charge in [0.05, 0.1) is 17.5 Å². The highest BCUT2D eigenvalue weighted by Crippen LogP contribution is 2.37. The minimum Gasteiger partial charge on any atom is -0.481 e. The first-order valence-corrected chi connectivity index (χ1v) is 8.24. The van der Waals surface area contributed by atoms with E-state index in [1.165, 1.54) is 11.8 Å². The number of nitrogens with zero attached hydrogens (tertiary/aromatic N) is 3. The molecular formula is C15H21N3O2S. The SMILES string of the molecule is CCC(CC)(CC)n1c(SCC(=O)O)nc2cnccc21. The van der Waals surface area contributed by atoms with Crippen LogP contribution in [-0.2, 0) is 10.3 Å². The van der Waals surface area contributed by atoms with Crippen molar-refractivity contribution in [1.29, 1.82) is 0 Å². The van der Waals surface area contributed by atoms with Crippen LogP contribution in [0, 0.1) is 0 Å². The molecule has 0 fully saturated rings. The Labute approximate surface area is 128 Å². The molecule has 0 saturated heterocycles. The summed E-state index contributed by atoms with van der Waals surface area (Å²) in [4.78, 5) is 19.6. The number of pyridine rings is 1. The summed E-state index contributed by atoms with van der Waals surface area (Å²) in [5.74, 6) is -0.809. The van der Waals surface area contributed by atoms with E-state index in [4.69, 9.17) is 5.11 Å². The average molecular weight is 307 g/mol. The number of carboxylic acid groups (broad SMARTS) is 1. The van der Waals surface area contributed by atoms with Crippen LogP contribution in [0.1, 0.15) is 40.0 Å². The molecule has 2 aromatic heterocycles. The molecular weight excluding hydrogens is 286 g/mol. The highest BCUT2D eigenvalue weighted by Gasteiger charge is 2.31. The number of carboxylic acids is 1. The van der Waals surface area contributed by atoms with Gasteiger partial charge in [0, 0.05) is 11.7 Å². The Kier molecular flexibility index (Phi) is 4.88. The molecule has 0 amide bonds. The summed E-state index contributed by atoms with van der Waals surface area (Å²) in [5, 5.41) is 9.71. The third-order valence-electron chi connectivity index (χ3n) is 4.20. The van der Waals surface area contributed by atoms with Crippen molar-refractivity contribution >= 4 is 28.8 Å². The van der Waals surface area contributed by atoms with Gasteiger partial charge in [0.2, 0.25) is 0 Å². The quantitative estimate of drug-likeness (QED) is 0.792. The highest BCUT2D eigenvalue weighted by atomic mass is 32.2. The first kappa shape index (κ1) is 15.8. The summed E-state index contributed by atoms with van der Waals surface area (Å²) < 4.78 is 2.22. The molecule has 21 heavy (non-hydrogen) atoms. The lowest BCUT2D eigenvalue weighted by atomic mass is 9.89. The van der Waals surface area contributed by atoms with Crippen molar-refractivity contribution in [3.05, 3.63) is 18.5 Å². The molecule has 0 aromatic carbocycles. The van der Waals surface area contributed by atoms with Crippen molar-refractivity contribution in [3.8, 4) is 0 Å². The lowest BCUT2D eigenvalue weighted by molar-refractivity contribution is -0.133. The van der Waals surface area contributed by atoms with E-state index in [-0.39, 0.29) is 11.3 Å². The number of hydrogen-bond donors (Lipinski definition) is 1.